The molecule has 0 amide bonds. The Kier molecular flexibility index (Phi) is 5.60. The summed E-state index contributed by atoms with van der Waals surface area (Å²) in [5.74, 6) is 0.933. The average Bonchev–Trinajstić information content (AvgIpc) is 3.87. The number of nitrogens with zero attached hydrogens (tertiary/aromatic N) is 1. The van der Waals surface area contributed by atoms with Crippen molar-refractivity contribution in [1.82, 2.24) is 4.57 Å². The zero-order chi connectivity index (χ0) is 32.1. The Morgan fingerprint density at radius 1 is 0.551 bits per heavy atom. The molecule has 2 aromatic heterocycles. The lowest BCUT2D eigenvalue weighted by molar-refractivity contribution is 0.263. The highest BCUT2D eigenvalue weighted by Crippen LogP contribution is 2.52. The first-order valence-corrected chi connectivity index (χ1v) is 17.5. The van der Waals surface area contributed by atoms with E-state index in [-0.39, 0.29) is 6.23 Å². The molecule has 3 heterocycles. The second kappa shape index (κ2) is 10.2. The predicted molar refractivity (Wildman–Crippen MR) is 208 cm³/mol. The van der Waals surface area contributed by atoms with Crippen molar-refractivity contribution in [1.29, 1.82) is 0 Å². The Bertz CT molecular complexity index is 2840. The molecule has 11 rings (SSSR count). The van der Waals surface area contributed by atoms with Crippen molar-refractivity contribution in [2.45, 2.75) is 6.23 Å². The summed E-state index contributed by atoms with van der Waals surface area (Å²) in [6.45, 7) is 0. The fourth-order valence-corrected chi connectivity index (χ4v) is 9.23. The van der Waals surface area contributed by atoms with Crippen LogP contribution in [0.1, 0.15) is 11.8 Å². The number of hydrogen-bond donors (Lipinski definition) is 1. The maximum absolute atomic E-state index is 6.82. The predicted octanol–water partition coefficient (Wildman–Crippen LogP) is 12.6. The van der Waals surface area contributed by atoms with Crippen molar-refractivity contribution in [2.75, 3.05) is 5.32 Å². The Hall–Kier alpha value is -6.10. The van der Waals surface area contributed by atoms with Gasteiger partial charge in [-0.15, -0.1) is 11.3 Å². The fourth-order valence-electron chi connectivity index (χ4n) is 8.00. The van der Waals surface area contributed by atoms with Gasteiger partial charge < -0.3 is 14.6 Å². The maximum atomic E-state index is 6.82. The molecule has 0 bridgehead atoms. The highest BCUT2D eigenvalue weighted by molar-refractivity contribution is 7.26. The van der Waals surface area contributed by atoms with Gasteiger partial charge >= 0.3 is 0 Å². The van der Waals surface area contributed by atoms with Crippen LogP contribution in [0, 0.1) is 0 Å². The summed E-state index contributed by atoms with van der Waals surface area (Å²) in [6, 6.07) is 57.0. The fraction of sp³-hybridized carbons (Fsp3) is 0.0222. The number of benzene rings is 8. The molecule has 0 aliphatic carbocycles. The quantitative estimate of drug-likeness (QED) is 0.207. The van der Waals surface area contributed by atoms with Crippen LogP contribution in [0.4, 0.5) is 5.69 Å². The minimum Gasteiger partial charge on any atom is -0.464 e. The van der Waals surface area contributed by atoms with E-state index in [2.05, 4.69) is 168 Å². The third kappa shape index (κ3) is 3.89. The van der Waals surface area contributed by atoms with Gasteiger partial charge in [-0.2, -0.15) is 0 Å². The molecule has 1 unspecified atom stereocenters. The number of thiophene rings is 1. The lowest BCUT2D eigenvalue weighted by Crippen LogP contribution is -2.10. The van der Waals surface area contributed by atoms with Gasteiger partial charge in [0.15, 0.2) is 12.0 Å². The number of rotatable bonds is 3. The van der Waals surface area contributed by atoms with Crippen molar-refractivity contribution in [2.24, 2.45) is 0 Å². The summed E-state index contributed by atoms with van der Waals surface area (Å²) in [4.78, 5) is 0. The monoisotopic (exact) mass is 644 g/mol. The van der Waals surface area contributed by atoms with Gasteiger partial charge in [-0.05, 0) is 63.5 Å². The van der Waals surface area contributed by atoms with E-state index in [4.69, 9.17) is 4.74 Å². The molecule has 10 aromatic rings. The highest BCUT2D eigenvalue weighted by Gasteiger charge is 2.29. The van der Waals surface area contributed by atoms with Crippen LogP contribution in [-0.4, -0.2) is 4.57 Å². The van der Waals surface area contributed by atoms with E-state index in [0.29, 0.717) is 0 Å². The summed E-state index contributed by atoms with van der Waals surface area (Å²) >= 11 is 1.84. The molecule has 0 spiro atoms. The maximum Gasteiger partial charge on any atom is 0.196 e. The largest absolute Gasteiger partial charge is 0.464 e. The molecule has 1 N–H and O–H groups in total. The Labute approximate surface area is 286 Å². The lowest BCUT2D eigenvalue weighted by Gasteiger charge is -2.14. The standard InChI is InChI=1S/C45H28N2OS/c1-2-10-27(11-3-1)35-26-36-43(42-34-16-8-9-17-39(34)49-44(35)42)48-45(46-36)30-18-22-31(23-19-30)47-37-24-20-28-12-4-6-14-32(28)40(37)41-33-15-7-5-13-29(33)21-25-38(41)47/h1-26,45-46H. The smallest absolute Gasteiger partial charge is 0.196 e. The van der Waals surface area contributed by atoms with E-state index >= 15 is 0 Å². The molecule has 230 valence electrons. The van der Waals surface area contributed by atoms with Gasteiger partial charge in [0.25, 0.3) is 0 Å². The number of ether oxygens (including phenoxy) is 1. The van der Waals surface area contributed by atoms with E-state index in [1.807, 2.05) is 11.3 Å². The molecule has 8 aromatic carbocycles. The van der Waals surface area contributed by atoms with Gasteiger partial charge in [0, 0.05) is 47.8 Å². The van der Waals surface area contributed by atoms with E-state index in [1.54, 1.807) is 0 Å². The van der Waals surface area contributed by atoms with Crippen LogP contribution in [0.15, 0.2) is 158 Å². The number of aromatic nitrogens is 1. The van der Waals surface area contributed by atoms with Crippen LogP contribution in [0.2, 0.25) is 0 Å². The molecule has 1 aliphatic rings. The molecular weight excluding hydrogens is 617 g/mol. The first-order valence-electron chi connectivity index (χ1n) is 16.7. The van der Waals surface area contributed by atoms with Gasteiger partial charge in [0.05, 0.1) is 16.7 Å². The van der Waals surface area contributed by atoms with E-state index in [0.717, 1.165) is 22.7 Å². The summed E-state index contributed by atoms with van der Waals surface area (Å²) in [5, 5.41) is 13.8. The third-order valence-electron chi connectivity index (χ3n) is 10.2. The van der Waals surface area contributed by atoms with Crippen molar-refractivity contribution >= 4 is 80.5 Å². The Balaban J connectivity index is 1.05. The van der Waals surface area contributed by atoms with Crippen LogP contribution in [0.25, 0.3) is 80.3 Å². The highest BCUT2D eigenvalue weighted by atomic mass is 32.1. The Morgan fingerprint density at radius 2 is 1.16 bits per heavy atom. The zero-order valence-corrected chi connectivity index (χ0v) is 27.2. The summed E-state index contributed by atoms with van der Waals surface area (Å²) < 4.78 is 11.8. The van der Waals surface area contributed by atoms with Crippen LogP contribution in [-0.2, 0) is 0 Å². The van der Waals surface area contributed by atoms with Crippen molar-refractivity contribution in [3.05, 3.63) is 163 Å². The van der Waals surface area contributed by atoms with E-state index in [1.165, 1.54) is 74.6 Å². The normalized spacial score (nSPS) is 14.2. The molecule has 1 atom stereocenters. The topological polar surface area (TPSA) is 26.2 Å². The zero-order valence-electron chi connectivity index (χ0n) is 26.4. The molecule has 4 heteroatoms. The number of fused-ring (bicyclic) bond motifs is 12. The molecule has 1 aliphatic heterocycles. The molecule has 49 heavy (non-hydrogen) atoms. The molecule has 0 radical (unpaired) electrons. The van der Waals surface area contributed by atoms with Gasteiger partial charge in [0.1, 0.15) is 0 Å². The number of hydrogen-bond acceptors (Lipinski definition) is 3. The lowest BCUT2D eigenvalue weighted by atomic mass is 10.00. The van der Waals surface area contributed by atoms with Crippen LogP contribution >= 0.6 is 11.3 Å². The van der Waals surface area contributed by atoms with Crippen molar-refractivity contribution < 1.29 is 4.74 Å². The van der Waals surface area contributed by atoms with Gasteiger partial charge in [0.2, 0.25) is 0 Å². The van der Waals surface area contributed by atoms with E-state index < -0.39 is 0 Å². The summed E-state index contributed by atoms with van der Waals surface area (Å²) in [5.41, 5.74) is 8.11. The second-order valence-electron chi connectivity index (χ2n) is 12.9. The molecule has 0 saturated carbocycles. The molecule has 3 nitrogen and oxygen atoms in total. The van der Waals surface area contributed by atoms with Crippen molar-refractivity contribution in [3.63, 3.8) is 0 Å². The van der Waals surface area contributed by atoms with Crippen LogP contribution in [0.5, 0.6) is 5.75 Å². The minimum atomic E-state index is -0.289. The summed E-state index contributed by atoms with van der Waals surface area (Å²) in [6.07, 6.45) is -0.289. The third-order valence-corrected chi connectivity index (χ3v) is 11.4. The van der Waals surface area contributed by atoms with Gasteiger partial charge in [-0.3, -0.25) is 0 Å². The van der Waals surface area contributed by atoms with Gasteiger partial charge in [-0.1, -0.05) is 121 Å². The number of nitrogens with one attached hydrogen (secondary N) is 1. The molecular formula is C45H28N2OS. The molecule has 0 fully saturated rings. The van der Waals surface area contributed by atoms with Gasteiger partial charge in [-0.25, -0.2) is 0 Å². The van der Waals surface area contributed by atoms with Crippen LogP contribution < -0.4 is 10.1 Å². The number of anilines is 1. The Morgan fingerprint density at radius 3 is 1.86 bits per heavy atom. The first kappa shape index (κ1) is 26.9. The average molecular weight is 645 g/mol. The SMILES string of the molecule is c1ccc(-c2cc3c(c4c2sc2ccccc24)OC(c2ccc(-n4c5ccc6ccccc6c5c5c6ccccc6ccc54)cc2)N3)cc1. The minimum absolute atomic E-state index is 0.289. The van der Waals surface area contributed by atoms with E-state index in [9.17, 15) is 0 Å². The summed E-state index contributed by atoms with van der Waals surface area (Å²) in [7, 11) is 0. The second-order valence-corrected chi connectivity index (χ2v) is 14.0. The van der Waals surface area contributed by atoms with Crippen molar-refractivity contribution in [3.8, 4) is 22.6 Å². The first-order chi connectivity index (χ1) is 24.3. The molecule has 0 saturated heterocycles. The van der Waals surface area contributed by atoms with Crippen LogP contribution in [0.3, 0.4) is 0 Å².